The average molecular weight is 392 g/mol. The average Bonchev–Trinajstić information content (AvgIpc) is 2.46. The summed E-state index contributed by atoms with van der Waals surface area (Å²) >= 11 is 17.3. The van der Waals surface area contributed by atoms with E-state index >= 15 is 0 Å². The van der Waals surface area contributed by atoms with Gasteiger partial charge in [0.15, 0.2) is 5.78 Å². The summed E-state index contributed by atoms with van der Waals surface area (Å²) in [6.45, 7) is 1.82. The number of carbonyl (C=O) groups excluding carboxylic acids is 2. The Morgan fingerprint density at radius 3 is 2.54 bits per heavy atom. The Morgan fingerprint density at radius 2 is 2.00 bits per heavy atom. The minimum absolute atomic E-state index is 0.0672. The molecular formula is C17H17Cl3O4. The molecule has 0 spiro atoms. The summed E-state index contributed by atoms with van der Waals surface area (Å²) in [5.41, 5.74) is -0.874. The number of esters is 1. The van der Waals surface area contributed by atoms with Crippen molar-refractivity contribution in [2.75, 3.05) is 6.61 Å². The van der Waals surface area contributed by atoms with E-state index in [0.29, 0.717) is 10.6 Å². The summed E-state index contributed by atoms with van der Waals surface area (Å²) in [5.74, 6) is -2.72. The van der Waals surface area contributed by atoms with E-state index in [1.54, 1.807) is 31.2 Å². The van der Waals surface area contributed by atoms with Crippen molar-refractivity contribution in [1.29, 1.82) is 0 Å². The lowest BCUT2D eigenvalue weighted by atomic mass is 9.68. The highest BCUT2D eigenvalue weighted by Gasteiger charge is 2.48. The molecule has 2 rings (SSSR count). The van der Waals surface area contributed by atoms with Crippen LogP contribution in [0.15, 0.2) is 34.8 Å². The lowest BCUT2D eigenvalue weighted by Gasteiger charge is -2.38. The van der Waals surface area contributed by atoms with E-state index in [4.69, 9.17) is 39.5 Å². The highest BCUT2D eigenvalue weighted by atomic mass is 35.5. The second-order valence-electron chi connectivity index (χ2n) is 5.74. The first-order valence-corrected chi connectivity index (χ1v) is 8.61. The zero-order chi connectivity index (χ0) is 17.9. The Hall–Kier alpha value is -1.07. The highest BCUT2D eigenvalue weighted by Crippen LogP contribution is 2.43. The van der Waals surface area contributed by atoms with E-state index in [1.165, 1.54) is 6.08 Å². The van der Waals surface area contributed by atoms with Gasteiger partial charge in [-0.15, -0.1) is 0 Å². The smallest absolute Gasteiger partial charge is 0.317 e. The number of allylic oxidation sites excluding steroid dienone is 1. The van der Waals surface area contributed by atoms with Crippen LogP contribution in [0.3, 0.4) is 0 Å². The predicted molar refractivity (Wildman–Crippen MR) is 93.0 cm³/mol. The third-order valence-electron chi connectivity index (χ3n) is 4.08. The van der Waals surface area contributed by atoms with Crippen molar-refractivity contribution in [3.63, 3.8) is 0 Å². The number of ether oxygens (including phenoxy) is 1. The molecule has 0 bridgehead atoms. The Balaban J connectivity index is 2.37. The van der Waals surface area contributed by atoms with Gasteiger partial charge in [0.2, 0.25) is 0 Å². The van der Waals surface area contributed by atoms with Crippen LogP contribution in [0.25, 0.3) is 0 Å². The van der Waals surface area contributed by atoms with Crippen LogP contribution in [0.5, 0.6) is 0 Å². The molecule has 1 aliphatic carbocycles. The summed E-state index contributed by atoms with van der Waals surface area (Å²) in [6.07, 6.45) is 1.33. The number of aliphatic hydroxyl groups is 1. The van der Waals surface area contributed by atoms with Gasteiger partial charge in [0.05, 0.1) is 12.2 Å². The van der Waals surface area contributed by atoms with Crippen LogP contribution < -0.4 is 0 Å². The lowest BCUT2D eigenvalue weighted by Crippen LogP contribution is -2.45. The van der Waals surface area contributed by atoms with Gasteiger partial charge in [0.25, 0.3) is 0 Å². The number of halogens is 3. The molecule has 0 aliphatic heterocycles. The Bertz CT molecular complexity index is 652. The van der Waals surface area contributed by atoms with E-state index in [2.05, 4.69) is 0 Å². The van der Waals surface area contributed by atoms with E-state index < -0.39 is 29.2 Å². The van der Waals surface area contributed by atoms with E-state index in [0.717, 1.165) is 0 Å². The van der Waals surface area contributed by atoms with Crippen LogP contribution in [0, 0.1) is 11.8 Å². The third kappa shape index (κ3) is 4.31. The van der Waals surface area contributed by atoms with Gasteiger partial charge < -0.3 is 9.84 Å². The summed E-state index contributed by atoms with van der Waals surface area (Å²) in [4.78, 5) is 24.7. The first kappa shape index (κ1) is 19.3. The molecule has 0 aromatic heterocycles. The number of carbonyl (C=O) groups is 2. The first-order valence-electron chi connectivity index (χ1n) is 7.47. The molecule has 7 heteroatoms. The van der Waals surface area contributed by atoms with Crippen LogP contribution >= 0.6 is 34.8 Å². The van der Waals surface area contributed by atoms with Gasteiger partial charge in [-0.2, -0.15) is 0 Å². The fourth-order valence-electron chi connectivity index (χ4n) is 3.05. The third-order valence-corrected chi connectivity index (χ3v) is 4.58. The molecule has 1 N–H and O–H groups in total. The zero-order valence-electron chi connectivity index (χ0n) is 13.0. The van der Waals surface area contributed by atoms with Crippen molar-refractivity contribution in [3.05, 3.63) is 45.4 Å². The summed E-state index contributed by atoms with van der Waals surface area (Å²) < 4.78 is 4.91. The van der Waals surface area contributed by atoms with Gasteiger partial charge >= 0.3 is 5.97 Å². The van der Waals surface area contributed by atoms with Crippen molar-refractivity contribution in [1.82, 2.24) is 0 Å². The maximum atomic E-state index is 12.6. The molecule has 0 saturated heterocycles. The number of hydrogen-bond donors (Lipinski definition) is 1. The summed E-state index contributed by atoms with van der Waals surface area (Å²) in [6, 6.07) is 6.58. The normalized spacial score (nSPS) is 26.8. The monoisotopic (exact) mass is 390 g/mol. The number of Topliss-reactive ketones (excluding diaryl/α,β-unsaturated/α-hetero) is 1. The lowest BCUT2D eigenvalue weighted by molar-refractivity contribution is -0.159. The molecule has 1 aromatic carbocycles. The van der Waals surface area contributed by atoms with Gasteiger partial charge in [0, 0.05) is 17.4 Å². The molecule has 0 heterocycles. The molecule has 1 aliphatic rings. The standard InChI is InChI=1S/C17H17Cl3O4/c1-2-24-16(22)15-10(7-14(19)20)8-17(23,9-13(15)21)11-3-5-12(18)6-4-11/h3-7,10,15,23H,2,8-9H2,1H3/t10-,15+,17-/m0/s1. The summed E-state index contributed by atoms with van der Waals surface area (Å²) in [5, 5.41) is 11.5. The molecule has 3 atom stereocenters. The molecule has 24 heavy (non-hydrogen) atoms. The van der Waals surface area contributed by atoms with Gasteiger partial charge in [-0.05, 0) is 37.1 Å². The molecule has 0 amide bonds. The largest absolute Gasteiger partial charge is 0.465 e. The van der Waals surface area contributed by atoms with Crippen molar-refractivity contribution in [2.45, 2.75) is 25.4 Å². The Labute approximate surface area is 155 Å². The summed E-state index contributed by atoms with van der Waals surface area (Å²) in [7, 11) is 0. The molecule has 1 aromatic rings. The second-order valence-corrected chi connectivity index (χ2v) is 7.18. The molecule has 1 saturated carbocycles. The zero-order valence-corrected chi connectivity index (χ0v) is 15.2. The second kappa shape index (κ2) is 7.87. The number of rotatable bonds is 4. The Morgan fingerprint density at radius 1 is 1.38 bits per heavy atom. The first-order chi connectivity index (χ1) is 11.3. The number of ketones is 1. The molecule has 1 fully saturated rings. The molecule has 130 valence electrons. The number of hydrogen-bond acceptors (Lipinski definition) is 4. The van der Waals surface area contributed by atoms with Crippen molar-refractivity contribution < 1.29 is 19.4 Å². The minimum atomic E-state index is -1.42. The van der Waals surface area contributed by atoms with E-state index in [9.17, 15) is 14.7 Å². The predicted octanol–water partition coefficient (Wildman–Crippen LogP) is 4.01. The van der Waals surface area contributed by atoms with Crippen molar-refractivity contribution in [3.8, 4) is 0 Å². The molecule has 0 unspecified atom stereocenters. The minimum Gasteiger partial charge on any atom is -0.465 e. The van der Waals surface area contributed by atoms with Crippen LogP contribution in [-0.2, 0) is 19.9 Å². The van der Waals surface area contributed by atoms with Gasteiger partial charge in [-0.25, -0.2) is 0 Å². The van der Waals surface area contributed by atoms with Crippen molar-refractivity contribution >= 4 is 46.6 Å². The van der Waals surface area contributed by atoms with Crippen molar-refractivity contribution in [2.24, 2.45) is 11.8 Å². The van der Waals surface area contributed by atoms with E-state index in [-0.39, 0.29) is 23.9 Å². The van der Waals surface area contributed by atoms with Gasteiger partial charge in [-0.3, -0.25) is 9.59 Å². The molecular weight excluding hydrogens is 375 g/mol. The SMILES string of the molecule is CCOC(=O)[C@H]1C(=O)C[C@](O)(c2ccc(Cl)cc2)C[C@@H]1C=C(Cl)Cl. The van der Waals surface area contributed by atoms with Gasteiger partial charge in [0.1, 0.15) is 10.4 Å². The topological polar surface area (TPSA) is 63.6 Å². The van der Waals surface area contributed by atoms with Gasteiger partial charge in [-0.1, -0.05) is 46.9 Å². The molecule has 0 radical (unpaired) electrons. The number of benzene rings is 1. The maximum Gasteiger partial charge on any atom is 0.317 e. The fourth-order valence-corrected chi connectivity index (χ4v) is 3.50. The van der Waals surface area contributed by atoms with Crippen LogP contribution in [0.1, 0.15) is 25.3 Å². The van der Waals surface area contributed by atoms with Crippen LogP contribution in [0.2, 0.25) is 5.02 Å². The Kier molecular flexibility index (Phi) is 6.32. The van der Waals surface area contributed by atoms with Crippen LogP contribution in [-0.4, -0.2) is 23.5 Å². The fraction of sp³-hybridized carbons (Fsp3) is 0.412. The quantitative estimate of drug-likeness (QED) is 0.622. The van der Waals surface area contributed by atoms with E-state index in [1.807, 2.05) is 0 Å². The molecule has 4 nitrogen and oxygen atoms in total. The highest BCUT2D eigenvalue weighted by molar-refractivity contribution is 6.55. The van der Waals surface area contributed by atoms with Crippen LogP contribution in [0.4, 0.5) is 0 Å². The maximum absolute atomic E-state index is 12.6.